The van der Waals surface area contributed by atoms with Gasteiger partial charge in [-0.15, -0.1) is 11.3 Å². The summed E-state index contributed by atoms with van der Waals surface area (Å²) in [6, 6.07) is 2.00. The van der Waals surface area contributed by atoms with Crippen LogP contribution in [0, 0.1) is 5.92 Å². The Bertz CT molecular complexity index is 1310. The highest BCUT2D eigenvalue weighted by Crippen LogP contribution is 2.40. The quantitative estimate of drug-likeness (QED) is 0.497. The van der Waals surface area contributed by atoms with Gasteiger partial charge in [0, 0.05) is 42.4 Å². The second-order valence-corrected chi connectivity index (χ2v) is 9.71. The SMILES string of the molecule is CN1CCN(C(=O)[C@H]2CCc3c(sc4ncnc(Nc5cnc6[nH]ncc6c5)c34)C2)CC1. The number of amides is 1. The Balaban J connectivity index is 1.27. The number of thiophene rings is 1. The zero-order chi connectivity index (χ0) is 21.7. The van der Waals surface area contributed by atoms with Crippen molar-refractivity contribution in [1.29, 1.82) is 0 Å². The molecule has 10 heteroatoms. The van der Waals surface area contributed by atoms with Crippen molar-refractivity contribution in [3.8, 4) is 0 Å². The van der Waals surface area contributed by atoms with Crippen molar-refractivity contribution in [2.75, 3.05) is 38.5 Å². The van der Waals surface area contributed by atoms with Crippen LogP contribution in [0.25, 0.3) is 21.3 Å². The van der Waals surface area contributed by atoms with E-state index >= 15 is 0 Å². The predicted octanol–water partition coefficient (Wildman–Crippen LogP) is 2.59. The predicted molar refractivity (Wildman–Crippen MR) is 124 cm³/mol. The second-order valence-electron chi connectivity index (χ2n) is 8.63. The van der Waals surface area contributed by atoms with Crippen molar-refractivity contribution < 1.29 is 4.79 Å². The monoisotopic (exact) mass is 448 g/mol. The maximum absolute atomic E-state index is 13.1. The molecule has 6 rings (SSSR count). The van der Waals surface area contributed by atoms with Crippen LogP contribution in [0.2, 0.25) is 0 Å². The summed E-state index contributed by atoms with van der Waals surface area (Å²) in [5.41, 5.74) is 2.90. The molecule has 2 aliphatic rings. The Hall–Kier alpha value is -3.11. The molecule has 164 valence electrons. The Morgan fingerprint density at radius 1 is 1.19 bits per heavy atom. The molecule has 1 amide bonds. The highest BCUT2D eigenvalue weighted by Gasteiger charge is 2.32. The molecular weight excluding hydrogens is 424 g/mol. The molecule has 0 aromatic carbocycles. The lowest BCUT2D eigenvalue weighted by Gasteiger charge is -2.35. The number of aromatic amines is 1. The number of hydrogen-bond donors (Lipinski definition) is 2. The van der Waals surface area contributed by atoms with Crippen LogP contribution in [-0.4, -0.2) is 74.1 Å². The fraction of sp³-hybridized carbons (Fsp3) is 0.409. The zero-order valence-corrected chi connectivity index (χ0v) is 18.7. The lowest BCUT2D eigenvalue weighted by Crippen LogP contribution is -2.49. The van der Waals surface area contributed by atoms with Crippen molar-refractivity contribution in [3.05, 3.63) is 35.2 Å². The van der Waals surface area contributed by atoms with E-state index in [1.807, 2.05) is 6.07 Å². The number of rotatable bonds is 3. The highest BCUT2D eigenvalue weighted by atomic mass is 32.1. The van der Waals surface area contributed by atoms with E-state index in [4.69, 9.17) is 0 Å². The summed E-state index contributed by atoms with van der Waals surface area (Å²) in [6.45, 7) is 3.58. The van der Waals surface area contributed by atoms with E-state index in [-0.39, 0.29) is 5.92 Å². The van der Waals surface area contributed by atoms with Gasteiger partial charge in [0.15, 0.2) is 5.65 Å². The Kier molecular flexibility index (Phi) is 4.76. The van der Waals surface area contributed by atoms with Gasteiger partial charge in [-0.2, -0.15) is 5.10 Å². The average Bonchev–Trinajstić information content (AvgIpc) is 3.43. The first kappa shape index (κ1) is 19.6. The molecule has 0 bridgehead atoms. The summed E-state index contributed by atoms with van der Waals surface area (Å²) in [6.07, 6.45) is 7.68. The molecule has 1 atom stereocenters. The smallest absolute Gasteiger partial charge is 0.226 e. The van der Waals surface area contributed by atoms with Crippen molar-refractivity contribution in [1.82, 2.24) is 34.9 Å². The molecular formula is C22H24N8OS. The first-order chi connectivity index (χ1) is 15.7. The normalized spacial score (nSPS) is 19.4. The fourth-order valence-corrected chi connectivity index (χ4v) is 6.01. The Labute approximate surface area is 188 Å². The number of anilines is 2. The van der Waals surface area contributed by atoms with E-state index in [2.05, 4.69) is 47.3 Å². The van der Waals surface area contributed by atoms with Gasteiger partial charge in [0.25, 0.3) is 0 Å². The number of hydrogen-bond acceptors (Lipinski definition) is 8. The van der Waals surface area contributed by atoms with E-state index in [9.17, 15) is 4.79 Å². The van der Waals surface area contributed by atoms with Gasteiger partial charge < -0.3 is 15.1 Å². The summed E-state index contributed by atoms with van der Waals surface area (Å²) in [5, 5.41) is 12.3. The number of nitrogens with zero attached hydrogens (tertiary/aromatic N) is 6. The maximum atomic E-state index is 13.1. The van der Waals surface area contributed by atoms with E-state index in [1.165, 1.54) is 10.4 Å². The zero-order valence-electron chi connectivity index (χ0n) is 17.8. The van der Waals surface area contributed by atoms with Gasteiger partial charge >= 0.3 is 0 Å². The van der Waals surface area contributed by atoms with Crippen LogP contribution in [0.3, 0.4) is 0 Å². The van der Waals surface area contributed by atoms with E-state index in [1.54, 1.807) is 30.1 Å². The van der Waals surface area contributed by atoms with Crippen molar-refractivity contribution in [2.45, 2.75) is 19.3 Å². The first-order valence-electron chi connectivity index (χ1n) is 10.9. The number of likely N-dealkylation sites (N-methyl/N-ethyl adjacent to an activating group) is 1. The van der Waals surface area contributed by atoms with Crippen LogP contribution >= 0.6 is 11.3 Å². The highest BCUT2D eigenvalue weighted by molar-refractivity contribution is 7.19. The summed E-state index contributed by atoms with van der Waals surface area (Å²) in [5.74, 6) is 1.17. The van der Waals surface area contributed by atoms with Crippen LogP contribution in [0.1, 0.15) is 16.9 Å². The minimum absolute atomic E-state index is 0.0658. The van der Waals surface area contributed by atoms with Gasteiger partial charge in [0.2, 0.25) is 5.91 Å². The molecule has 0 saturated carbocycles. The van der Waals surface area contributed by atoms with Crippen molar-refractivity contribution >= 4 is 50.0 Å². The largest absolute Gasteiger partial charge is 0.340 e. The molecule has 9 nitrogen and oxygen atoms in total. The average molecular weight is 449 g/mol. The minimum atomic E-state index is 0.0658. The number of fused-ring (bicyclic) bond motifs is 4. The number of carbonyl (C=O) groups excluding carboxylic acids is 1. The molecule has 1 fully saturated rings. The first-order valence-corrected chi connectivity index (χ1v) is 11.8. The Morgan fingerprint density at radius 2 is 2.06 bits per heavy atom. The molecule has 2 N–H and O–H groups in total. The number of piperazine rings is 1. The summed E-state index contributed by atoms with van der Waals surface area (Å²) >= 11 is 1.70. The summed E-state index contributed by atoms with van der Waals surface area (Å²) in [4.78, 5) is 33.2. The number of aryl methyl sites for hydroxylation is 1. The fourth-order valence-electron chi connectivity index (χ4n) is 4.74. The van der Waals surface area contributed by atoms with Gasteiger partial charge in [0.1, 0.15) is 17.0 Å². The second kappa shape index (κ2) is 7.79. The van der Waals surface area contributed by atoms with Gasteiger partial charge in [0.05, 0.1) is 23.5 Å². The van der Waals surface area contributed by atoms with E-state index in [0.717, 1.165) is 78.2 Å². The molecule has 4 aromatic heterocycles. The van der Waals surface area contributed by atoms with E-state index in [0.29, 0.717) is 5.91 Å². The molecule has 1 aliphatic carbocycles. The van der Waals surface area contributed by atoms with E-state index < -0.39 is 0 Å². The molecule has 0 unspecified atom stereocenters. The number of carbonyl (C=O) groups is 1. The topological polar surface area (TPSA) is 103 Å². The maximum Gasteiger partial charge on any atom is 0.226 e. The third-order valence-electron chi connectivity index (χ3n) is 6.56. The van der Waals surface area contributed by atoms with Crippen LogP contribution in [0.15, 0.2) is 24.8 Å². The van der Waals surface area contributed by atoms with Gasteiger partial charge in [-0.25, -0.2) is 15.0 Å². The molecule has 32 heavy (non-hydrogen) atoms. The molecule has 1 saturated heterocycles. The molecule has 1 aliphatic heterocycles. The molecule has 0 spiro atoms. The third-order valence-corrected chi connectivity index (χ3v) is 7.73. The van der Waals surface area contributed by atoms with Crippen LogP contribution in [0.4, 0.5) is 11.5 Å². The lowest BCUT2D eigenvalue weighted by molar-refractivity contribution is -0.137. The molecule has 4 aromatic rings. The van der Waals surface area contributed by atoms with Crippen LogP contribution < -0.4 is 5.32 Å². The molecule has 5 heterocycles. The minimum Gasteiger partial charge on any atom is -0.340 e. The number of nitrogens with one attached hydrogen (secondary N) is 2. The standard InChI is InChI=1S/C22H24N8OS/c1-29-4-6-30(7-5-29)22(31)13-2-3-16-17(9-13)32-21-18(16)20(24-12-25-21)27-15-8-14-10-26-28-19(14)23-11-15/h8,10-13H,2-7,9H2,1H3,(H,23,26,28)(H,24,25,27)/t13-/m0/s1. The van der Waals surface area contributed by atoms with Gasteiger partial charge in [-0.1, -0.05) is 0 Å². The Morgan fingerprint density at radius 3 is 2.94 bits per heavy atom. The number of pyridine rings is 1. The van der Waals surface area contributed by atoms with Crippen molar-refractivity contribution in [2.24, 2.45) is 5.92 Å². The summed E-state index contributed by atoms with van der Waals surface area (Å²) < 4.78 is 0. The van der Waals surface area contributed by atoms with Gasteiger partial charge in [-0.05, 0) is 37.9 Å². The summed E-state index contributed by atoms with van der Waals surface area (Å²) in [7, 11) is 2.11. The molecule has 0 radical (unpaired) electrons. The van der Waals surface area contributed by atoms with Crippen LogP contribution in [-0.2, 0) is 17.6 Å². The number of H-pyrrole nitrogens is 1. The number of aromatic nitrogens is 5. The van der Waals surface area contributed by atoms with Crippen molar-refractivity contribution in [3.63, 3.8) is 0 Å². The third kappa shape index (κ3) is 3.39. The van der Waals surface area contributed by atoms with Crippen LogP contribution in [0.5, 0.6) is 0 Å². The lowest BCUT2D eigenvalue weighted by atomic mass is 9.86. The van der Waals surface area contributed by atoms with Gasteiger partial charge in [-0.3, -0.25) is 9.89 Å².